The van der Waals surface area contributed by atoms with E-state index < -0.39 is 0 Å². The molecule has 3 rings (SSSR count). The van der Waals surface area contributed by atoms with Crippen LogP contribution in [0.5, 0.6) is 5.75 Å². The van der Waals surface area contributed by atoms with Gasteiger partial charge in [-0.1, -0.05) is 30.9 Å². The first-order chi connectivity index (χ1) is 13.1. The van der Waals surface area contributed by atoms with Crippen LogP contribution >= 0.6 is 11.6 Å². The van der Waals surface area contributed by atoms with Crippen molar-refractivity contribution >= 4 is 23.4 Å². The molecule has 2 amide bonds. The Morgan fingerprint density at radius 2 is 1.59 bits per heavy atom. The van der Waals surface area contributed by atoms with E-state index in [2.05, 4.69) is 4.90 Å². The Hall–Kier alpha value is -1.75. The Morgan fingerprint density at radius 3 is 2.22 bits per heavy atom. The van der Waals surface area contributed by atoms with Crippen molar-refractivity contribution < 1.29 is 14.3 Å². The summed E-state index contributed by atoms with van der Waals surface area (Å²) in [7, 11) is 1.55. The Balaban J connectivity index is 1.59. The maximum absolute atomic E-state index is 12.9. The highest BCUT2D eigenvalue weighted by atomic mass is 35.5. The summed E-state index contributed by atoms with van der Waals surface area (Å²) < 4.78 is 5.31. The molecule has 0 aromatic heterocycles. The number of hydrogen-bond acceptors (Lipinski definition) is 3. The zero-order valence-corrected chi connectivity index (χ0v) is 16.8. The zero-order valence-electron chi connectivity index (χ0n) is 16.1. The lowest BCUT2D eigenvalue weighted by Gasteiger charge is -2.35. The molecule has 2 aliphatic heterocycles. The van der Waals surface area contributed by atoms with Crippen LogP contribution in [0.4, 0.5) is 0 Å². The summed E-state index contributed by atoms with van der Waals surface area (Å²) in [5.41, 5.74) is 0.485. The second-order valence-corrected chi connectivity index (χ2v) is 7.94. The fraction of sp³-hybridized carbons (Fsp3) is 0.619. The summed E-state index contributed by atoms with van der Waals surface area (Å²) >= 11 is 6.06. The van der Waals surface area contributed by atoms with Gasteiger partial charge in [0, 0.05) is 37.1 Å². The van der Waals surface area contributed by atoms with E-state index in [9.17, 15) is 9.59 Å². The quantitative estimate of drug-likeness (QED) is 0.781. The lowest BCUT2D eigenvalue weighted by Crippen LogP contribution is -2.45. The lowest BCUT2D eigenvalue weighted by molar-refractivity contribution is -0.137. The van der Waals surface area contributed by atoms with E-state index in [1.807, 2.05) is 4.90 Å². The molecule has 0 N–H and O–H groups in total. The normalized spacial score (nSPS) is 19.3. The van der Waals surface area contributed by atoms with Gasteiger partial charge in [0.2, 0.25) is 5.91 Å². The third-order valence-corrected chi connectivity index (χ3v) is 5.93. The summed E-state index contributed by atoms with van der Waals surface area (Å²) in [6, 6.07) is 5.08. The molecule has 0 saturated carbocycles. The number of halogens is 1. The van der Waals surface area contributed by atoms with E-state index in [0.29, 0.717) is 29.4 Å². The first-order valence-corrected chi connectivity index (χ1v) is 10.4. The number of likely N-dealkylation sites (tertiary alicyclic amines) is 2. The number of methoxy groups -OCH3 is 1. The number of nitrogens with zero attached hydrogens (tertiary/aromatic N) is 2. The van der Waals surface area contributed by atoms with Crippen LogP contribution in [0.25, 0.3) is 0 Å². The molecule has 1 aromatic rings. The highest BCUT2D eigenvalue weighted by molar-refractivity contribution is 6.31. The van der Waals surface area contributed by atoms with Gasteiger partial charge in [-0.15, -0.1) is 0 Å². The molecule has 0 bridgehead atoms. The van der Waals surface area contributed by atoms with Crippen molar-refractivity contribution in [3.8, 4) is 5.75 Å². The van der Waals surface area contributed by atoms with E-state index in [1.165, 1.54) is 19.3 Å². The first kappa shape index (κ1) is 20.0. The van der Waals surface area contributed by atoms with Gasteiger partial charge < -0.3 is 14.5 Å². The predicted molar refractivity (Wildman–Crippen MR) is 106 cm³/mol. The molecular formula is C21H29ClN2O3. The second kappa shape index (κ2) is 9.45. The third-order valence-electron chi connectivity index (χ3n) is 5.69. The highest BCUT2D eigenvalue weighted by Crippen LogP contribution is 2.27. The van der Waals surface area contributed by atoms with Gasteiger partial charge in [0.15, 0.2) is 0 Å². The van der Waals surface area contributed by atoms with Crippen LogP contribution in [0.2, 0.25) is 5.02 Å². The van der Waals surface area contributed by atoms with Crippen molar-refractivity contribution in [2.45, 2.75) is 44.9 Å². The number of rotatable bonds is 3. The minimum Gasteiger partial charge on any atom is -0.496 e. The average Bonchev–Trinajstić information content (AvgIpc) is 2.67. The largest absolute Gasteiger partial charge is 0.496 e. The van der Waals surface area contributed by atoms with Crippen molar-refractivity contribution in [2.75, 3.05) is 33.3 Å². The van der Waals surface area contributed by atoms with Gasteiger partial charge in [0.1, 0.15) is 5.75 Å². The third kappa shape index (κ3) is 4.95. The molecule has 0 spiro atoms. The molecule has 2 fully saturated rings. The molecule has 0 atom stereocenters. The summed E-state index contributed by atoms with van der Waals surface area (Å²) in [6.07, 6.45) is 7.40. The minimum atomic E-state index is -0.0773. The summed E-state index contributed by atoms with van der Waals surface area (Å²) in [5, 5.41) is 0.515. The van der Waals surface area contributed by atoms with Gasteiger partial charge in [0.25, 0.3) is 5.91 Å². The fourth-order valence-corrected chi connectivity index (χ4v) is 4.25. The summed E-state index contributed by atoms with van der Waals surface area (Å²) in [4.78, 5) is 29.6. The monoisotopic (exact) mass is 392 g/mol. The summed E-state index contributed by atoms with van der Waals surface area (Å²) in [6.45, 7) is 2.97. The summed E-state index contributed by atoms with van der Waals surface area (Å²) in [5.74, 6) is 0.772. The molecule has 0 radical (unpaired) electrons. The molecule has 2 heterocycles. The van der Waals surface area contributed by atoms with Crippen LogP contribution in [-0.4, -0.2) is 54.9 Å². The Kier molecular flexibility index (Phi) is 7.00. The number of hydrogen-bond donors (Lipinski definition) is 0. The van der Waals surface area contributed by atoms with Crippen molar-refractivity contribution in [1.29, 1.82) is 0 Å². The van der Waals surface area contributed by atoms with E-state index in [4.69, 9.17) is 16.3 Å². The number of carbonyl (C=O) groups excluding carboxylic acids is 2. The molecule has 148 valence electrons. The molecule has 2 aliphatic rings. The SMILES string of the molecule is COc1ccc(Cl)cc1C(=O)N1CCC(C(=O)N2CCCCCCC2)CC1. The molecule has 0 aliphatic carbocycles. The van der Waals surface area contributed by atoms with Gasteiger partial charge in [0.05, 0.1) is 12.7 Å². The van der Waals surface area contributed by atoms with E-state index in [-0.39, 0.29) is 17.7 Å². The van der Waals surface area contributed by atoms with Crippen LogP contribution in [-0.2, 0) is 4.79 Å². The van der Waals surface area contributed by atoms with Crippen LogP contribution < -0.4 is 4.74 Å². The van der Waals surface area contributed by atoms with Crippen molar-refractivity contribution in [3.05, 3.63) is 28.8 Å². The van der Waals surface area contributed by atoms with Crippen LogP contribution in [0, 0.1) is 5.92 Å². The number of carbonyl (C=O) groups is 2. The van der Waals surface area contributed by atoms with E-state index >= 15 is 0 Å². The fourth-order valence-electron chi connectivity index (χ4n) is 4.07. The van der Waals surface area contributed by atoms with E-state index in [0.717, 1.165) is 38.8 Å². The van der Waals surface area contributed by atoms with Crippen LogP contribution in [0.3, 0.4) is 0 Å². The van der Waals surface area contributed by atoms with Crippen molar-refractivity contribution in [1.82, 2.24) is 9.80 Å². The molecule has 5 nitrogen and oxygen atoms in total. The number of benzene rings is 1. The first-order valence-electron chi connectivity index (χ1n) is 10.0. The number of piperidine rings is 1. The van der Waals surface area contributed by atoms with Crippen molar-refractivity contribution in [3.63, 3.8) is 0 Å². The maximum Gasteiger partial charge on any atom is 0.257 e. The molecule has 0 unspecified atom stereocenters. The standard InChI is InChI=1S/C21H29ClN2O3/c1-27-19-8-7-17(22)15-18(19)21(26)24-13-9-16(10-14-24)20(25)23-11-5-3-2-4-6-12-23/h7-8,15-16H,2-6,9-14H2,1H3. The van der Waals surface area contributed by atoms with Crippen molar-refractivity contribution in [2.24, 2.45) is 5.92 Å². The molecule has 6 heteroatoms. The lowest BCUT2D eigenvalue weighted by atomic mass is 9.94. The van der Waals surface area contributed by atoms with Crippen LogP contribution in [0.1, 0.15) is 55.3 Å². The molecule has 2 saturated heterocycles. The van der Waals surface area contributed by atoms with Gasteiger partial charge in [-0.3, -0.25) is 9.59 Å². The Labute approximate surface area is 166 Å². The van der Waals surface area contributed by atoms with Gasteiger partial charge in [-0.2, -0.15) is 0 Å². The Morgan fingerprint density at radius 1 is 0.963 bits per heavy atom. The van der Waals surface area contributed by atoms with Crippen LogP contribution in [0.15, 0.2) is 18.2 Å². The minimum absolute atomic E-state index is 0.0368. The Bertz CT molecular complexity index is 663. The van der Waals surface area contributed by atoms with Gasteiger partial charge >= 0.3 is 0 Å². The highest BCUT2D eigenvalue weighted by Gasteiger charge is 2.31. The number of ether oxygens (including phenoxy) is 1. The maximum atomic E-state index is 12.9. The number of amides is 2. The predicted octanol–water partition coefficient (Wildman–Crippen LogP) is 3.99. The second-order valence-electron chi connectivity index (χ2n) is 7.50. The smallest absolute Gasteiger partial charge is 0.257 e. The molecule has 27 heavy (non-hydrogen) atoms. The topological polar surface area (TPSA) is 49.9 Å². The van der Waals surface area contributed by atoms with Gasteiger partial charge in [-0.25, -0.2) is 0 Å². The molecular weight excluding hydrogens is 364 g/mol. The average molecular weight is 393 g/mol. The zero-order chi connectivity index (χ0) is 19.2. The molecule has 1 aromatic carbocycles. The van der Waals surface area contributed by atoms with E-state index in [1.54, 1.807) is 25.3 Å². The van der Waals surface area contributed by atoms with Gasteiger partial charge in [-0.05, 0) is 43.9 Å².